The maximum Gasteiger partial charge on any atom is 0.240 e. The standard InChI is InChI=1S/C22H27BrN2O2/c1-2-3-4-5-6-7-22(26)25-24-16-18-10-14-21(15-11-18)27-17-19-8-12-20(23)13-9-19/h8-16H,2-7,17H2,1H3,(H,25,26)/b24-16-. The van der Waals surface area contributed by atoms with Crippen molar-refractivity contribution in [2.24, 2.45) is 5.10 Å². The fourth-order valence-electron chi connectivity index (χ4n) is 2.52. The minimum absolute atomic E-state index is 0.0304. The highest BCUT2D eigenvalue weighted by Crippen LogP contribution is 2.15. The number of ether oxygens (including phenoxy) is 1. The van der Waals surface area contributed by atoms with Crippen LogP contribution in [-0.4, -0.2) is 12.1 Å². The molecule has 0 bridgehead atoms. The molecule has 0 aromatic heterocycles. The molecule has 27 heavy (non-hydrogen) atoms. The van der Waals surface area contributed by atoms with E-state index in [2.05, 4.69) is 33.4 Å². The zero-order valence-electron chi connectivity index (χ0n) is 15.8. The molecule has 0 fully saturated rings. The Labute approximate surface area is 170 Å². The first kappa shape index (κ1) is 21.2. The number of hydrogen-bond donors (Lipinski definition) is 1. The van der Waals surface area contributed by atoms with Gasteiger partial charge < -0.3 is 4.74 Å². The summed E-state index contributed by atoms with van der Waals surface area (Å²) in [7, 11) is 0. The van der Waals surface area contributed by atoms with E-state index in [0.717, 1.165) is 34.2 Å². The summed E-state index contributed by atoms with van der Waals surface area (Å²) >= 11 is 3.42. The minimum atomic E-state index is -0.0304. The topological polar surface area (TPSA) is 50.7 Å². The van der Waals surface area contributed by atoms with E-state index in [1.165, 1.54) is 19.3 Å². The largest absolute Gasteiger partial charge is 0.489 e. The van der Waals surface area contributed by atoms with Gasteiger partial charge >= 0.3 is 0 Å². The lowest BCUT2D eigenvalue weighted by atomic mass is 10.1. The fourth-order valence-corrected chi connectivity index (χ4v) is 2.79. The Morgan fingerprint density at radius 3 is 2.44 bits per heavy atom. The Bertz CT molecular complexity index is 712. The molecule has 0 saturated heterocycles. The number of hydrazone groups is 1. The lowest BCUT2D eigenvalue weighted by Gasteiger charge is -2.06. The zero-order chi connectivity index (χ0) is 19.3. The highest BCUT2D eigenvalue weighted by atomic mass is 79.9. The Morgan fingerprint density at radius 1 is 1.04 bits per heavy atom. The molecule has 0 aliphatic rings. The predicted molar refractivity (Wildman–Crippen MR) is 114 cm³/mol. The van der Waals surface area contributed by atoms with E-state index >= 15 is 0 Å². The van der Waals surface area contributed by atoms with Gasteiger partial charge in [-0.25, -0.2) is 5.43 Å². The number of carbonyl (C=O) groups is 1. The van der Waals surface area contributed by atoms with Crippen LogP contribution in [0.1, 0.15) is 56.6 Å². The summed E-state index contributed by atoms with van der Waals surface area (Å²) in [5.41, 5.74) is 4.61. The fraction of sp³-hybridized carbons (Fsp3) is 0.364. The molecular formula is C22H27BrN2O2. The van der Waals surface area contributed by atoms with Gasteiger partial charge in [-0.3, -0.25) is 4.79 Å². The second kappa shape index (κ2) is 12.3. The van der Waals surface area contributed by atoms with E-state index < -0.39 is 0 Å². The van der Waals surface area contributed by atoms with Gasteiger partial charge in [-0.2, -0.15) is 5.10 Å². The third-order valence-corrected chi connectivity index (χ3v) is 4.64. The van der Waals surface area contributed by atoms with E-state index in [1.807, 2.05) is 48.5 Å². The lowest BCUT2D eigenvalue weighted by molar-refractivity contribution is -0.121. The van der Waals surface area contributed by atoms with Gasteiger partial charge in [-0.1, -0.05) is 60.7 Å². The summed E-state index contributed by atoms with van der Waals surface area (Å²) in [5, 5.41) is 4.02. The third kappa shape index (κ3) is 8.87. The highest BCUT2D eigenvalue weighted by molar-refractivity contribution is 9.10. The SMILES string of the molecule is CCCCCCCC(=O)N/N=C\c1ccc(OCc2ccc(Br)cc2)cc1. The van der Waals surface area contributed by atoms with E-state index in [-0.39, 0.29) is 5.91 Å². The van der Waals surface area contributed by atoms with Gasteiger partial charge in [-0.05, 0) is 53.9 Å². The molecule has 4 nitrogen and oxygen atoms in total. The van der Waals surface area contributed by atoms with Crippen LogP contribution in [0.3, 0.4) is 0 Å². The third-order valence-electron chi connectivity index (χ3n) is 4.11. The number of carbonyl (C=O) groups excluding carboxylic acids is 1. The van der Waals surface area contributed by atoms with Crippen molar-refractivity contribution in [3.63, 3.8) is 0 Å². The maximum absolute atomic E-state index is 11.7. The summed E-state index contributed by atoms with van der Waals surface area (Å²) < 4.78 is 6.83. The van der Waals surface area contributed by atoms with E-state index in [1.54, 1.807) is 6.21 Å². The highest BCUT2D eigenvalue weighted by Gasteiger charge is 2.00. The first-order chi connectivity index (χ1) is 13.2. The van der Waals surface area contributed by atoms with Crippen LogP contribution in [0.5, 0.6) is 5.75 Å². The molecule has 0 saturated carbocycles. The monoisotopic (exact) mass is 430 g/mol. The first-order valence-electron chi connectivity index (χ1n) is 9.46. The summed E-state index contributed by atoms with van der Waals surface area (Å²) in [6.07, 6.45) is 7.85. The number of halogens is 1. The maximum atomic E-state index is 11.7. The number of nitrogens with zero attached hydrogens (tertiary/aromatic N) is 1. The molecule has 1 N–H and O–H groups in total. The Hall–Kier alpha value is -2.14. The van der Waals surface area contributed by atoms with Crippen LogP contribution in [-0.2, 0) is 11.4 Å². The van der Waals surface area contributed by atoms with Crippen LogP contribution >= 0.6 is 15.9 Å². The van der Waals surface area contributed by atoms with Gasteiger partial charge in [0.1, 0.15) is 12.4 Å². The number of unbranched alkanes of at least 4 members (excludes halogenated alkanes) is 4. The quantitative estimate of drug-likeness (QED) is 0.276. The van der Waals surface area contributed by atoms with Crippen LogP contribution < -0.4 is 10.2 Å². The lowest BCUT2D eigenvalue weighted by Crippen LogP contribution is -2.16. The molecule has 2 rings (SSSR count). The van der Waals surface area contributed by atoms with Gasteiger partial charge in [0.2, 0.25) is 5.91 Å². The van der Waals surface area contributed by atoms with Gasteiger partial charge in [0.25, 0.3) is 0 Å². The molecule has 0 heterocycles. The molecule has 0 aliphatic carbocycles. The molecule has 0 aliphatic heterocycles. The first-order valence-corrected chi connectivity index (χ1v) is 10.3. The van der Waals surface area contributed by atoms with Gasteiger partial charge in [0.15, 0.2) is 0 Å². The van der Waals surface area contributed by atoms with Crippen LogP contribution in [0.2, 0.25) is 0 Å². The van der Waals surface area contributed by atoms with Crippen molar-refractivity contribution in [3.8, 4) is 5.75 Å². The molecule has 5 heteroatoms. The molecular weight excluding hydrogens is 404 g/mol. The molecule has 1 amide bonds. The Kier molecular flexibility index (Phi) is 9.63. The number of amides is 1. The molecule has 2 aromatic rings. The minimum Gasteiger partial charge on any atom is -0.489 e. The Morgan fingerprint density at radius 2 is 1.74 bits per heavy atom. The average molecular weight is 431 g/mol. The van der Waals surface area contributed by atoms with Crippen molar-refractivity contribution in [3.05, 3.63) is 64.1 Å². The smallest absolute Gasteiger partial charge is 0.240 e. The van der Waals surface area contributed by atoms with Crippen LogP contribution in [0.4, 0.5) is 0 Å². The van der Waals surface area contributed by atoms with Crippen molar-refractivity contribution in [2.75, 3.05) is 0 Å². The molecule has 0 spiro atoms. The van der Waals surface area contributed by atoms with Crippen molar-refractivity contribution < 1.29 is 9.53 Å². The van der Waals surface area contributed by atoms with Crippen molar-refractivity contribution >= 4 is 28.1 Å². The van der Waals surface area contributed by atoms with Crippen molar-refractivity contribution in [1.82, 2.24) is 5.43 Å². The van der Waals surface area contributed by atoms with Gasteiger partial charge in [-0.15, -0.1) is 0 Å². The second-order valence-electron chi connectivity index (χ2n) is 6.44. The predicted octanol–water partition coefficient (Wildman–Crippen LogP) is 5.84. The molecule has 0 unspecified atom stereocenters. The number of hydrogen-bond acceptors (Lipinski definition) is 3. The van der Waals surface area contributed by atoms with Crippen LogP contribution in [0.25, 0.3) is 0 Å². The second-order valence-corrected chi connectivity index (χ2v) is 7.36. The average Bonchev–Trinajstić information content (AvgIpc) is 2.68. The molecule has 0 radical (unpaired) electrons. The number of benzene rings is 2. The van der Waals surface area contributed by atoms with Crippen LogP contribution in [0, 0.1) is 0 Å². The summed E-state index contributed by atoms with van der Waals surface area (Å²) in [6.45, 7) is 2.71. The number of nitrogens with one attached hydrogen (secondary N) is 1. The van der Waals surface area contributed by atoms with Gasteiger partial charge in [0.05, 0.1) is 6.21 Å². The Balaban J connectivity index is 1.69. The normalized spacial score (nSPS) is 10.9. The summed E-state index contributed by atoms with van der Waals surface area (Å²) in [4.78, 5) is 11.7. The van der Waals surface area contributed by atoms with E-state index in [0.29, 0.717) is 13.0 Å². The molecule has 144 valence electrons. The van der Waals surface area contributed by atoms with Gasteiger partial charge in [0, 0.05) is 10.9 Å². The summed E-state index contributed by atoms with van der Waals surface area (Å²) in [6, 6.07) is 15.7. The molecule has 0 atom stereocenters. The van der Waals surface area contributed by atoms with Crippen molar-refractivity contribution in [1.29, 1.82) is 0 Å². The summed E-state index contributed by atoms with van der Waals surface area (Å²) in [5.74, 6) is 0.767. The molecule has 2 aromatic carbocycles. The van der Waals surface area contributed by atoms with E-state index in [9.17, 15) is 4.79 Å². The van der Waals surface area contributed by atoms with E-state index in [4.69, 9.17) is 4.74 Å². The van der Waals surface area contributed by atoms with Crippen LogP contribution in [0.15, 0.2) is 58.1 Å². The van der Waals surface area contributed by atoms with Crippen molar-refractivity contribution in [2.45, 2.75) is 52.1 Å². The number of rotatable bonds is 11. The zero-order valence-corrected chi connectivity index (χ0v) is 17.4.